The van der Waals surface area contributed by atoms with Gasteiger partial charge in [0.2, 0.25) is 0 Å². The van der Waals surface area contributed by atoms with Gasteiger partial charge in [0.15, 0.2) is 11.5 Å². The van der Waals surface area contributed by atoms with Crippen LogP contribution in [0, 0.1) is 0 Å². The van der Waals surface area contributed by atoms with Gasteiger partial charge in [0.25, 0.3) is 0 Å². The number of likely N-dealkylation sites (tertiary alicyclic amines) is 1. The van der Waals surface area contributed by atoms with Crippen molar-refractivity contribution >= 4 is 28.3 Å². The molecular formula is C24H25F3N6OS. The van der Waals surface area contributed by atoms with Gasteiger partial charge in [0, 0.05) is 42.5 Å². The van der Waals surface area contributed by atoms with Crippen molar-refractivity contribution in [3.63, 3.8) is 0 Å². The lowest BCUT2D eigenvalue weighted by molar-refractivity contribution is -0.183. The molecule has 35 heavy (non-hydrogen) atoms. The number of rotatable bonds is 7. The number of nitrogens with two attached hydrogens (primary N) is 1. The molecule has 11 heteroatoms. The van der Waals surface area contributed by atoms with Crippen LogP contribution < -0.4 is 10.5 Å². The first-order valence-electron chi connectivity index (χ1n) is 11.3. The van der Waals surface area contributed by atoms with E-state index in [4.69, 9.17) is 15.5 Å². The van der Waals surface area contributed by atoms with Gasteiger partial charge in [-0.3, -0.25) is 9.30 Å². The van der Waals surface area contributed by atoms with Gasteiger partial charge in [0.05, 0.1) is 12.1 Å². The zero-order valence-corrected chi connectivity index (χ0v) is 19.9. The summed E-state index contributed by atoms with van der Waals surface area (Å²) >= 11 is 1.70. The number of pyridine rings is 2. The summed E-state index contributed by atoms with van der Waals surface area (Å²) in [4.78, 5) is 6.10. The Morgan fingerprint density at radius 1 is 1.17 bits per heavy atom. The van der Waals surface area contributed by atoms with Crippen LogP contribution in [-0.4, -0.2) is 68.4 Å². The van der Waals surface area contributed by atoms with Crippen LogP contribution in [0.5, 0.6) is 5.75 Å². The molecule has 4 aromatic rings. The quantitative estimate of drug-likeness (QED) is 0.377. The number of ether oxygens (including phenoxy) is 1. The first kappa shape index (κ1) is 23.8. The molecular weight excluding hydrogens is 477 g/mol. The van der Waals surface area contributed by atoms with Gasteiger partial charge in [0.1, 0.15) is 17.5 Å². The summed E-state index contributed by atoms with van der Waals surface area (Å²) in [5, 5.41) is 9.29. The fourth-order valence-corrected chi connectivity index (χ4v) is 4.70. The highest BCUT2D eigenvalue weighted by atomic mass is 32.2. The summed E-state index contributed by atoms with van der Waals surface area (Å²) in [5.74, 6) is 1.96. The van der Waals surface area contributed by atoms with E-state index in [0.717, 1.165) is 11.1 Å². The van der Waals surface area contributed by atoms with Crippen molar-refractivity contribution in [3.8, 4) is 17.3 Å². The van der Waals surface area contributed by atoms with E-state index in [1.165, 1.54) is 17.2 Å². The number of fused-ring (bicyclic) bond motifs is 2. The molecule has 0 amide bonds. The average molecular weight is 503 g/mol. The largest absolute Gasteiger partial charge is 0.493 e. The SMILES string of the molecule is CSCCOc1ccc2ccc(-c3nnc4ccc([C@@H](N5CC[C@H](N)C5)C(F)(F)F)cn34)nc2c1. The summed E-state index contributed by atoms with van der Waals surface area (Å²) in [7, 11) is 0. The molecule has 5 rings (SSSR count). The summed E-state index contributed by atoms with van der Waals surface area (Å²) < 4.78 is 49.7. The van der Waals surface area contributed by atoms with E-state index >= 15 is 0 Å². The summed E-state index contributed by atoms with van der Waals surface area (Å²) in [5.41, 5.74) is 7.67. The molecule has 0 aliphatic carbocycles. The van der Waals surface area contributed by atoms with Crippen molar-refractivity contribution in [2.24, 2.45) is 5.73 Å². The number of alkyl halides is 3. The van der Waals surface area contributed by atoms with Crippen molar-refractivity contribution in [1.82, 2.24) is 24.5 Å². The van der Waals surface area contributed by atoms with Crippen LogP contribution in [0.15, 0.2) is 48.7 Å². The Hall–Kier alpha value is -2.89. The molecule has 0 radical (unpaired) electrons. The van der Waals surface area contributed by atoms with Crippen LogP contribution in [0.4, 0.5) is 13.2 Å². The van der Waals surface area contributed by atoms with Crippen molar-refractivity contribution in [1.29, 1.82) is 0 Å². The van der Waals surface area contributed by atoms with Crippen LogP contribution in [-0.2, 0) is 0 Å². The standard InChI is InChI=1S/C24H25F3N6OS/c1-35-11-10-34-18-5-2-15-3-6-19(29-20(15)12-18)23-31-30-21-7-4-16(13-33(21)23)22(24(25,26)27)32-9-8-17(28)14-32/h2-7,12-13,17,22H,8-11,14,28H2,1H3/t17-,22+/m0/s1. The number of thioether (sulfide) groups is 1. The number of hydrogen-bond acceptors (Lipinski definition) is 7. The van der Waals surface area contributed by atoms with Gasteiger partial charge in [-0.05, 0) is 42.5 Å². The Labute approximate surface area is 204 Å². The van der Waals surface area contributed by atoms with Gasteiger partial charge in [-0.15, -0.1) is 10.2 Å². The highest BCUT2D eigenvalue weighted by Crippen LogP contribution is 2.39. The molecule has 184 valence electrons. The van der Waals surface area contributed by atoms with E-state index < -0.39 is 12.2 Å². The third-order valence-electron chi connectivity index (χ3n) is 6.12. The molecule has 7 nitrogen and oxygen atoms in total. The van der Waals surface area contributed by atoms with Gasteiger partial charge in [-0.2, -0.15) is 24.9 Å². The minimum Gasteiger partial charge on any atom is -0.493 e. The molecule has 4 heterocycles. The minimum atomic E-state index is -4.44. The first-order chi connectivity index (χ1) is 16.8. The number of aromatic nitrogens is 4. The van der Waals surface area contributed by atoms with Gasteiger partial charge >= 0.3 is 6.18 Å². The molecule has 2 N–H and O–H groups in total. The fourth-order valence-electron chi connectivity index (χ4n) is 4.45. The lowest BCUT2D eigenvalue weighted by Gasteiger charge is -2.30. The van der Waals surface area contributed by atoms with E-state index in [-0.39, 0.29) is 18.2 Å². The molecule has 3 aromatic heterocycles. The van der Waals surface area contributed by atoms with E-state index in [1.807, 2.05) is 30.5 Å². The van der Waals surface area contributed by atoms with Gasteiger partial charge in [-0.25, -0.2) is 4.98 Å². The number of halogens is 3. The van der Waals surface area contributed by atoms with Crippen molar-refractivity contribution in [2.45, 2.75) is 24.7 Å². The Kier molecular flexibility index (Phi) is 6.56. The fraction of sp³-hybridized carbons (Fsp3) is 0.375. The second kappa shape index (κ2) is 9.63. The minimum absolute atomic E-state index is 0.116. The highest BCUT2D eigenvalue weighted by molar-refractivity contribution is 7.98. The predicted molar refractivity (Wildman–Crippen MR) is 131 cm³/mol. The maximum absolute atomic E-state index is 14.1. The Morgan fingerprint density at radius 3 is 2.74 bits per heavy atom. The third-order valence-corrected chi connectivity index (χ3v) is 6.70. The smallest absolute Gasteiger partial charge is 0.408 e. The maximum atomic E-state index is 14.1. The van der Waals surface area contributed by atoms with Crippen molar-refractivity contribution < 1.29 is 17.9 Å². The molecule has 1 fully saturated rings. The topological polar surface area (TPSA) is 81.6 Å². The Morgan fingerprint density at radius 2 is 2.00 bits per heavy atom. The molecule has 0 saturated carbocycles. The van der Waals surface area contributed by atoms with E-state index in [1.54, 1.807) is 28.3 Å². The monoisotopic (exact) mass is 502 g/mol. The first-order valence-corrected chi connectivity index (χ1v) is 12.7. The molecule has 0 spiro atoms. The summed E-state index contributed by atoms with van der Waals surface area (Å²) in [6.07, 6.45) is -0.431. The van der Waals surface area contributed by atoms with Crippen LogP contribution in [0.1, 0.15) is 18.0 Å². The third kappa shape index (κ3) is 4.93. The summed E-state index contributed by atoms with van der Waals surface area (Å²) in [6, 6.07) is 10.4. The van der Waals surface area contributed by atoms with Crippen LogP contribution in [0.25, 0.3) is 28.1 Å². The molecule has 0 bridgehead atoms. The second-order valence-corrected chi connectivity index (χ2v) is 9.58. The van der Waals surface area contributed by atoms with Gasteiger partial charge < -0.3 is 10.5 Å². The molecule has 1 aliphatic heterocycles. The van der Waals surface area contributed by atoms with Crippen LogP contribution >= 0.6 is 11.8 Å². The Balaban J connectivity index is 1.52. The highest BCUT2D eigenvalue weighted by Gasteiger charge is 2.46. The number of hydrogen-bond donors (Lipinski definition) is 1. The predicted octanol–water partition coefficient (Wildman–Crippen LogP) is 4.32. The molecule has 1 aliphatic rings. The van der Waals surface area contributed by atoms with E-state index in [2.05, 4.69) is 10.2 Å². The lowest BCUT2D eigenvalue weighted by atomic mass is 10.1. The van der Waals surface area contributed by atoms with Crippen LogP contribution in [0.3, 0.4) is 0 Å². The molecule has 1 aromatic carbocycles. The molecule has 0 unspecified atom stereocenters. The van der Waals surface area contributed by atoms with Gasteiger partial charge in [-0.1, -0.05) is 12.1 Å². The maximum Gasteiger partial charge on any atom is 0.408 e. The number of benzene rings is 1. The summed E-state index contributed by atoms with van der Waals surface area (Å²) in [6.45, 7) is 1.09. The van der Waals surface area contributed by atoms with Crippen LogP contribution in [0.2, 0.25) is 0 Å². The molecule has 2 atom stereocenters. The molecule has 1 saturated heterocycles. The number of nitrogens with zero attached hydrogens (tertiary/aromatic N) is 5. The zero-order chi connectivity index (χ0) is 24.6. The lowest BCUT2D eigenvalue weighted by Crippen LogP contribution is -2.38. The van der Waals surface area contributed by atoms with Crippen molar-refractivity contribution in [3.05, 3.63) is 54.2 Å². The normalized spacial score (nSPS) is 17.9. The van der Waals surface area contributed by atoms with E-state index in [0.29, 0.717) is 48.0 Å². The van der Waals surface area contributed by atoms with E-state index in [9.17, 15) is 13.2 Å². The average Bonchev–Trinajstić information content (AvgIpc) is 3.44. The zero-order valence-electron chi connectivity index (χ0n) is 19.1. The van der Waals surface area contributed by atoms with Crippen molar-refractivity contribution in [2.75, 3.05) is 31.7 Å². The Bertz CT molecular complexity index is 1340. The second-order valence-electron chi connectivity index (χ2n) is 8.59.